The van der Waals surface area contributed by atoms with Crippen LogP contribution in [-0.2, 0) is 6.42 Å². The van der Waals surface area contributed by atoms with E-state index in [9.17, 15) is 0 Å². The highest BCUT2D eigenvalue weighted by Gasteiger charge is 2.04. The minimum absolute atomic E-state index is 0.316. The number of aryl methyl sites for hydroxylation is 1. The van der Waals surface area contributed by atoms with Crippen LogP contribution in [0.4, 0.5) is 17.1 Å². The van der Waals surface area contributed by atoms with Crippen LogP contribution in [0.3, 0.4) is 0 Å². The van der Waals surface area contributed by atoms with Crippen LogP contribution in [0, 0.1) is 18.3 Å². The van der Waals surface area contributed by atoms with Crippen molar-refractivity contribution >= 4 is 33.0 Å². The second-order valence-corrected chi connectivity index (χ2v) is 5.21. The van der Waals surface area contributed by atoms with Crippen LogP contribution in [0.25, 0.3) is 0 Å². The standard InChI is InChI=1S/C15H14BrN3/c1-10-2-5-15(13(16)8-10)19-12-3-4-14(18)11(9-12)6-7-17/h2-5,8-9,19H,6,18H2,1H3. The van der Waals surface area contributed by atoms with Crippen molar-refractivity contribution in [2.75, 3.05) is 11.1 Å². The van der Waals surface area contributed by atoms with Gasteiger partial charge in [-0.1, -0.05) is 6.07 Å². The van der Waals surface area contributed by atoms with Crippen molar-refractivity contribution in [3.63, 3.8) is 0 Å². The van der Waals surface area contributed by atoms with Crippen LogP contribution in [0.15, 0.2) is 40.9 Å². The minimum Gasteiger partial charge on any atom is -0.398 e. The van der Waals surface area contributed by atoms with Crippen molar-refractivity contribution in [1.29, 1.82) is 5.26 Å². The van der Waals surface area contributed by atoms with E-state index in [0.717, 1.165) is 21.4 Å². The van der Waals surface area contributed by atoms with E-state index in [2.05, 4.69) is 33.4 Å². The second-order valence-electron chi connectivity index (χ2n) is 4.36. The Morgan fingerprint density at radius 2 is 2.05 bits per heavy atom. The summed E-state index contributed by atoms with van der Waals surface area (Å²) in [6.07, 6.45) is 0.316. The van der Waals surface area contributed by atoms with E-state index in [1.807, 2.05) is 37.3 Å². The monoisotopic (exact) mass is 315 g/mol. The van der Waals surface area contributed by atoms with Crippen molar-refractivity contribution in [3.05, 3.63) is 52.0 Å². The number of nitrogen functional groups attached to an aromatic ring is 1. The quantitative estimate of drug-likeness (QED) is 0.836. The molecule has 0 heterocycles. The summed E-state index contributed by atoms with van der Waals surface area (Å²) in [7, 11) is 0. The van der Waals surface area contributed by atoms with Crippen LogP contribution in [0.2, 0.25) is 0 Å². The molecule has 2 aromatic carbocycles. The molecule has 3 nitrogen and oxygen atoms in total. The van der Waals surface area contributed by atoms with Crippen LogP contribution < -0.4 is 11.1 Å². The van der Waals surface area contributed by atoms with Gasteiger partial charge < -0.3 is 11.1 Å². The normalized spacial score (nSPS) is 9.95. The molecule has 0 aliphatic rings. The number of benzene rings is 2. The second kappa shape index (κ2) is 5.77. The Hall–Kier alpha value is -1.99. The van der Waals surface area contributed by atoms with Crippen LogP contribution >= 0.6 is 15.9 Å². The lowest BCUT2D eigenvalue weighted by molar-refractivity contribution is 1.26. The van der Waals surface area contributed by atoms with Gasteiger partial charge in [0.05, 0.1) is 18.2 Å². The Kier molecular flexibility index (Phi) is 4.08. The molecule has 0 radical (unpaired) electrons. The summed E-state index contributed by atoms with van der Waals surface area (Å²) in [4.78, 5) is 0. The summed E-state index contributed by atoms with van der Waals surface area (Å²) in [5, 5.41) is 12.1. The van der Waals surface area contributed by atoms with Gasteiger partial charge in [0.1, 0.15) is 0 Å². The number of hydrogen-bond donors (Lipinski definition) is 2. The van der Waals surface area contributed by atoms with Crippen molar-refractivity contribution < 1.29 is 0 Å². The van der Waals surface area contributed by atoms with E-state index in [0.29, 0.717) is 12.1 Å². The predicted octanol–water partition coefficient (Wildman–Crippen LogP) is 4.15. The van der Waals surface area contributed by atoms with Gasteiger partial charge in [-0.15, -0.1) is 0 Å². The first-order chi connectivity index (χ1) is 9.10. The van der Waals surface area contributed by atoms with Gasteiger partial charge in [0.2, 0.25) is 0 Å². The van der Waals surface area contributed by atoms with Crippen molar-refractivity contribution in [2.24, 2.45) is 0 Å². The van der Waals surface area contributed by atoms with E-state index < -0.39 is 0 Å². The molecule has 4 heteroatoms. The third-order valence-corrected chi connectivity index (χ3v) is 3.47. The third-order valence-electron chi connectivity index (χ3n) is 2.82. The molecule has 3 N–H and O–H groups in total. The maximum Gasteiger partial charge on any atom is 0.0670 e. The Labute approximate surface area is 121 Å². The molecule has 0 aliphatic carbocycles. The largest absolute Gasteiger partial charge is 0.398 e. The van der Waals surface area contributed by atoms with Crippen LogP contribution in [0.1, 0.15) is 11.1 Å². The maximum absolute atomic E-state index is 8.77. The Morgan fingerprint density at radius 3 is 2.74 bits per heavy atom. The summed E-state index contributed by atoms with van der Waals surface area (Å²) in [5.74, 6) is 0. The van der Waals surface area contributed by atoms with Crippen LogP contribution in [-0.4, -0.2) is 0 Å². The van der Waals surface area contributed by atoms with Crippen LogP contribution in [0.5, 0.6) is 0 Å². The fraction of sp³-hybridized carbons (Fsp3) is 0.133. The van der Waals surface area contributed by atoms with Gasteiger partial charge in [0.15, 0.2) is 0 Å². The first kappa shape index (κ1) is 13.4. The van der Waals surface area contributed by atoms with E-state index in [-0.39, 0.29) is 0 Å². The molecule has 0 amide bonds. The van der Waals surface area contributed by atoms with Gasteiger partial charge in [-0.3, -0.25) is 0 Å². The van der Waals surface area contributed by atoms with Gasteiger partial charge in [0, 0.05) is 15.8 Å². The highest BCUT2D eigenvalue weighted by atomic mass is 79.9. The molecule has 19 heavy (non-hydrogen) atoms. The molecule has 0 saturated heterocycles. The highest BCUT2D eigenvalue weighted by molar-refractivity contribution is 9.10. The van der Waals surface area contributed by atoms with E-state index in [1.165, 1.54) is 5.56 Å². The molecule has 0 unspecified atom stereocenters. The molecule has 0 bridgehead atoms. The molecule has 96 valence electrons. The molecule has 2 rings (SSSR count). The fourth-order valence-corrected chi connectivity index (χ4v) is 2.39. The molecule has 0 aliphatic heterocycles. The van der Waals surface area contributed by atoms with Crippen molar-refractivity contribution in [2.45, 2.75) is 13.3 Å². The lowest BCUT2D eigenvalue weighted by atomic mass is 10.1. The van der Waals surface area contributed by atoms with Crippen molar-refractivity contribution in [3.8, 4) is 6.07 Å². The molecule has 0 spiro atoms. The third kappa shape index (κ3) is 3.27. The van der Waals surface area contributed by atoms with Gasteiger partial charge in [-0.2, -0.15) is 5.26 Å². The number of nitriles is 1. The highest BCUT2D eigenvalue weighted by Crippen LogP contribution is 2.28. The number of hydrogen-bond acceptors (Lipinski definition) is 3. The molecule has 0 fully saturated rings. The smallest absolute Gasteiger partial charge is 0.0670 e. The Morgan fingerprint density at radius 1 is 1.26 bits per heavy atom. The molecule has 0 aromatic heterocycles. The minimum atomic E-state index is 0.316. The summed E-state index contributed by atoms with van der Waals surface area (Å²) >= 11 is 3.53. The lowest BCUT2D eigenvalue weighted by Gasteiger charge is -2.11. The molecular weight excluding hydrogens is 302 g/mol. The van der Waals surface area contributed by atoms with E-state index in [4.69, 9.17) is 11.0 Å². The summed E-state index contributed by atoms with van der Waals surface area (Å²) in [6, 6.07) is 13.9. The zero-order valence-electron chi connectivity index (χ0n) is 10.6. The Bertz CT molecular complexity index is 644. The summed E-state index contributed by atoms with van der Waals surface area (Å²) in [6.45, 7) is 2.04. The lowest BCUT2D eigenvalue weighted by Crippen LogP contribution is -1.97. The Balaban J connectivity index is 2.28. The summed E-state index contributed by atoms with van der Waals surface area (Å²) < 4.78 is 1.01. The zero-order valence-corrected chi connectivity index (χ0v) is 12.2. The molecular formula is C15H14BrN3. The topological polar surface area (TPSA) is 61.8 Å². The average molecular weight is 316 g/mol. The predicted molar refractivity (Wildman–Crippen MR) is 82.3 cm³/mol. The fourth-order valence-electron chi connectivity index (χ4n) is 1.80. The first-order valence-electron chi connectivity index (χ1n) is 5.88. The van der Waals surface area contributed by atoms with Gasteiger partial charge >= 0.3 is 0 Å². The van der Waals surface area contributed by atoms with Gasteiger partial charge in [0.25, 0.3) is 0 Å². The number of nitrogens with one attached hydrogen (secondary N) is 1. The number of rotatable bonds is 3. The van der Waals surface area contributed by atoms with Gasteiger partial charge in [-0.25, -0.2) is 0 Å². The van der Waals surface area contributed by atoms with E-state index in [1.54, 1.807) is 0 Å². The molecule has 2 aromatic rings. The summed E-state index contributed by atoms with van der Waals surface area (Å²) in [5.41, 5.74) is 10.4. The number of halogens is 1. The van der Waals surface area contributed by atoms with Crippen molar-refractivity contribution in [1.82, 2.24) is 0 Å². The number of nitrogens with zero attached hydrogens (tertiary/aromatic N) is 1. The molecule has 0 atom stereocenters. The zero-order chi connectivity index (χ0) is 13.8. The molecule has 0 saturated carbocycles. The number of nitrogens with two attached hydrogens (primary N) is 1. The first-order valence-corrected chi connectivity index (χ1v) is 6.68. The SMILES string of the molecule is Cc1ccc(Nc2ccc(N)c(CC#N)c2)c(Br)c1. The number of anilines is 3. The van der Waals surface area contributed by atoms with E-state index >= 15 is 0 Å². The average Bonchev–Trinajstić information content (AvgIpc) is 2.37. The maximum atomic E-state index is 8.77. The van der Waals surface area contributed by atoms with Gasteiger partial charge in [-0.05, 0) is 64.3 Å².